The highest BCUT2D eigenvalue weighted by Gasteiger charge is 2.19. The average molecular weight is 242 g/mol. The molecule has 0 atom stereocenters. The van der Waals surface area contributed by atoms with Gasteiger partial charge in [0.15, 0.2) is 0 Å². The van der Waals surface area contributed by atoms with Gasteiger partial charge in [-0.3, -0.25) is 4.79 Å². The quantitative estimate of drug-likeness (QED) is 0.423. The molecular formula is C12H22N2O3. The lowest BCUT2D eigenvalue weighted by atomic mass is 9.96. The van der Waals surface area contributed by atoms with Gasteiger partial charge in [0.2, 0.25) is 5.91 Å². The highest BCUT2D eigenvalue weighted by atomic mass is 16.5. The van der Waals surface area contributed by atoms with E-state index in [0.29, 0.717) is 0 Å². The van der Waals surface area contributed by atoms with Gasteiger partial charge in [0, 0.05) is 6.54 Å². The highest BCUT2D eigenvalue weighted by Crippen LogP contribution is 2.18. The third-order valence-electron chi connectivity index (χ3n) is 2.95. The van der Waals surface area contributed by atoms with Gasteiger partial charge in [0.25, 0.3) is 0 Å². The van der Waals surface area contributed by atoms with Crippen molar-refractivity contribution in [3.05, 3.63) is 0 Å². The second-order valence-corrected chi connectivity index (χ2v) is 4.38. The van der Waals surface area contributed by atoms with Crippen molar-refractivity contribution >= 4 is 11.6 Å². The molecule has 1 aliphatic carbocycles. The van der Waals surface area contributed by atoms with Crippen molar-refractivity contribution in [1.29, 1.82) is 0 Å². The van der Waals surface area contributed by atoms with E-state index < -0.39 is 0 Å². The zero-order chi connectivity index (χ0) is 12.5. The molecule has 1 saturated carbocycles. The number of rotatable bonds is 6. The van der Waals surface area contributed by atoms with Crippen molar-refractivity contribution in [3.63, 3.8) is 0 Å². The van der Waals surface area contributed by atoms with Gasteiger partial charge in [-0.25, -0.2) is 0 Å². The Labute approximate surface area is 102 Å². The van der Waals surface area contributed by atoms with Gasteiger partial charge in [-0.15, -0.1) is 0 Å². The predicted molar refractivity (Wildman–Crippen MR) is 65.3 cm³/mol. The predicted octanol–water partition coefficient (Wildman–Crippen LogP) is 1.69. The maximum Gasteiger partial charge on any atom is 0.246 e. The molecule has 0 heterocycles. The molecule has 0 aliphatic heterocycles. The van der Waals surface area contributed by atoms with Crippen LogP contribution in [0.4, 0.5) is 0 Å². The van der Waals surface area contributed by atoms with Crippen LogP contribution in [0.2, 0.25) is 0 Å². The average Bonchev–Trinajstić information content (AvgIpc) is 2.37. The molecule has 0 aromatic rings. The van der Waals surface area contributed by atoms with E-state index in [1.165, 1.54) is 0 Å². The normalized spacial score (nSPS) is 20.1. The van der Waals surface area contributed by atoms with Gasteiger partial charge in [-0.1, -0.05) is 18.5 Å². The number of nitrogens with one attached hydrogen (secondary N) is 1. The molecule has 0 spiro atoms. The van der Waals surface area contributed by atoms with Crippen molar-refractivity contribution < 1.29 is 14.7 Å². The molecule has 0 aromatic heterocycles. The monoisotopic (exact) mass is 242 g/mol. The highest BCUT2D eigenvalue weighted by molar-refractivity contribution is 5.84. The van der Waals surface area contributed by atoms with Gasteiger partial charge in [0.05, 0.1) is 11.8 Å². The summed E-state index contributed by atoms with van der Waals surface area (Å²) in [6, 6.07) is 0. The Hall–Kier alpha value is -1.10. The van der Waals surface area contributed by atoms with Crippen molar-refractivity contribution in [2.24, 2.45) is 5.16 Å². The van der Waals surface area contributed by atoms with Crippen LogP contribution in [-0.4, -0.2) is 36.1 Å². The SMILES string of the molecule is CCCCNC(=O)COC1CCC(=NO)CC1. The van der Waals surface area contributed by atoms with Crippen LogP contribution in [-0.2, 0) is 9.53 Å². The molecule has 5 nitrogen and oxygen atoms in total. The lowest BCUT2D eigenvalue weighted by molar-refractivity contribution is -0.128. The third-order valence-corrected chi connectivity index (χ3v) is 2.95. The van der Waals surface area contributed by atoms with Crippen molar-refractivity contribution in [3.8, 4) is 0 Å². The van der Waals surface area contributed by atoms with Crippen LogP contribution in [0, 0.1) is 0 Å². The van der Waals surface area contributed by atoms with E-state index in [1.54, 1.807) is 0 Å². The lowest BCUT2D eigenvalue weighted by Gasteiger charge is -2.22. The molecule has 1 fully saturated rings. The van der Waals surface area contributed by atoms with E-state index in [-0.39, 0.29) is 18.6 Å². The number of carbonyl (C=O) groups is 1. The Balaban J connectivity index is 2.08. The van der Waals surface area contributed by atoms with Crippen molar-refractivity contribution in [2.45, 2.75) is 51.6 Å². The van der Waals surface area contributed by atoms with Gasteiger partial charge in [-0.2, -0.15) is 0 Å². The Morgan fingerprint density at radius 2 is 2.24 bits per heavy atom. The van der Waals surface area contributed by atoms with Crippen molar-refractivity contribution in [1.82, 2.24) is 5.32 Å². The fourth-order valence-electron chi connectivity index (χ4n) is 1.84. The molecule has 0 unspecified atom stereocenters. The number of nitrogens with zero attached hydrogens (tertiary/aromatic N) is 1. The van der Waals surface area contributed by atoms with Crippen LogP contribution in [0.5, 0.6) is 0 Å². The van der Waals surface area contributed by atoms with E-state index in [4.69, 9.17) is 9.94 Å². The Morgan fingerprint density at radius 1 is 1.53 bits per heavy atom. The number of unbranched alkanes of at least 4 members (excludes halogenated alkanes) is 1. The topological polar surface area (TPSA) is 70.9 Å². The van der Waals surface area contributed by atoms with Gasteiger partial charge in [0.1, 0.15) is 6.61 Å². The third kappa shape index (κ3) is 5.68. The van der Waals surface area contributed by atoms with E-state index in [2.05, 4.69) is 17.4 Å². The summed E-state index contributed by atoms with van der Waals surface area (Å²) in [7, 11) is 0. The molecule has 0 aromatic carbocycles. The molecule has 1 rings (SSSR count). The molecule has 0 saturated heterocycles. The van der Waals surface area contributed by atoms with E-state index in [1.807, 2.05) is 0 Å². The molecule has 1 aliphatic rings. The first-order chi connectivity index (χ1) is 8.26. The molecule has 98 valence electrons. The zero-order valence-electron chi connectivity index (χ0n) is 10.4. The van der Waals surface area contributed by atoms with Crippen LogP contribution in [0.15, 0.2) is 5.16 Å². The largest absolute Gasteiger partial charge is 0.411 e. The fourth-order valence-corrected chi connectivity index (χ4v) is 1.84. The number of amides is 1. The second kappa shape index (κ2) is 8.06. The Bertz CT molecular complexity index is 256. The number of carbonyl (C=O) groups excluding carboxylic acids is 1. The maximum atomic E-state index is 11.4. The Morgan fingerprint density at radius 3 is 2.82 bits per heavy atom. The lowest BCUT2D eigenvalue weighted by Crippen LogP contribution is -2.31. The molecular weight excluding hydrogens is 220 g/mol. The molecule has 0 radical (unpaired) electrons. The van der Waals surface area contributed by atoms with Crippen LogP contribution in [0.1, 0.15) is 45.4 Å². The fraction of sp³-hybridized carbons (Fsp3) is 0.833. The number of hydrogen-bond donors (Lipinski definition) is 2. The number of oxime groups is 1. The van der Waals surface area contributed by atoms with Crippen molar-refractivity contribution in [2.75, 3.05) is 13.2 Å². The van der Waals surface area contributed by atoms with E-state index in [9.17, 15) is 4.79 Å². The Kier molecular flexibility index (Phi) is 6.62. The van der Waals surface area contributed by atoms with Gasteiger partial charge < -0.3 is 15.3 Å². The van der Waals surface area contributed by atoms with Crippen LogP contribution in [0.25, 0.3) is 0 Å². The second-order valence-electron chi connectivity index (χ2n) is 4.38. The van der Waals surface area contributed by atoms with Crippen LogP contribution in [0.3, 0.4) is 0 Å². The number of hydrogen-bond acceptors (Lipinski definition) is 4. The molecule has 2 N–H and O–H groups in total. The van der Waals surface area contributed by atoms with E-state index in [0.717, 1.165) is 50.8 Å². The van der Waals surface area contributed by atoms with E-state index >= 15 is 0 Å². The summed E-state index contributed by atoms with van der Waals surface area (Å²) < 4.78 is 5.52. The summed E-state index contributed by atoms with van der Waals surface area (Å²) in [5.74, 6) is -0.0416. The van der Waals surface area contributed by atoms with Crippen LogP contribution < -0.4 is 5.32 Å². The standard InChI is InChI=1S/C12H22N2O3/c1-2-3-8-13-12(15)9-17-11-6-4-10(14-16)5-7-11/h11,16H,2-9H2,1H3,(H,13,15). The first-order valence-corrected chi connectivity index (χ1v) is 6.34. The molecule has 0 bridgehead atoms. The summed E-state index contributed by atoms with van der Waals surface area (Å²) >= 11 is 0. The molecule has 5 heteroatoms. The number of ether oxygens (including phenoxy) is 1. The summed E-state index contributed by atoms with van der Waals surface area (Å²) in [6.45, 7) is 2.95. The van der Waals surface area contributed by atoms with Gasteiger partial charge >= 0.3 is 0 Å². The zero-order valence-corrected chi connectivity index (χ0v) is 10.4. The summed E-state index contributed by atoms with van der Waals surface area (Å²) in [6.07, 6.45) is 5.40. The molecule has 17 heavy (non-hydrogen) atoms. The maximum absolute atomic E-state index is 11.4. The first-order valence-electron chi connectivity index (χ1n) is 6.34. The van der Waals surface area contributed by atoms with Gasteiger partial charge in [-0.05, 0) is 32.1 Å². The van der Waals surface area contributed by atoms with Crippen LogP contribution >= 0.6 is 0 Å². The summed E-state index contributed by atoms with van der Waals surface area (Å²) in [4.78, 5) is 11.4. The smallest absolute Gasteiger partial charge is 0.246 e. The minimum absolute atomic E-state index is 0.0416. The summed E-state index contributed by atoms with van der Waals surface area (Å²) in [5.41, 5.74) is 0.831. The minimum Gasteiger partial charge on any atom is -0.411 e. The minimum atomic E-state index is -0.0416. The first kappa shape index (κ1) is 14.0. The summed E-state index contributed by atoms with van der Waals surface area (Å²) in [5, 5.41) is 14.6. The molecule has 1 amide bonds.